The smallest absolute Gasteiger partial charge is 0.341 e. The normalized spacial score (nSPS) is 19.3. The first-order chi connectivity index (χ1) is 16.7. The number of aromatic carboxylic acids is 1. The number of hydrogen-bond donors (Lipinski definition) is 1. The third-order valence-electron chi connectivity index (χ3n) is 7.47. The largest absolute Gasteiger partial charge is 0.492 e. The van der Waals surface area contributed by atoms with Crippen LogP contribution in [0.5, 0.6) is 5.75 Å². The Kier molecular flexibility index (Phi) is 5.94. The van der Waals surface area contributed by atoms with Crippen LogP contribution >= 0.6 is 0 Å². The maximum Gasteiger partial charge on any atom is 0.341 e. The van der Waals surface area contributed by atoms with Gasteiger partial charge >= 0.3 is 5.97 Å². The fraction of sp³-hybridized carbons (Fsp3) is 0.560. The number of amides is 1. The Hall–Kier alpha value is -3.14. The number of likely N-dealkylation sites (tertiary alicyclic amines) is 1. The highest BCUT2D eigenvalue weighted by Crippen LogP contribution is 2.43. The van der Waals surface area contributed by atoms with E-state index in [2.05, 4.69) is 18.7 Å². The van der Waals surface area contributed by atoms with Crippen molar-refractivity contribution in [3.8, 4) is 5.75 Å². The molecule has 1 amide bonds. The molecule has 1 N–H and O–H groups in total. The minimum atomic E-state index is -1.33. The zero-order valence-corrected chi connectivity index (χ0v) is 20.3. The molecule has 3 fully saturated rings. The summed E-state index contributed by atoms with van der Waals surface area (Å²) >= 11 is 0. The molecule has 2 aromatic rings. The summed E-state index contributed by atoms with van der Waals surface area (Å²) in [7, 11) is 1.43. The van der Waals surface area contributed by atoms with Crippen LogP contribution in [0.15, 0.2) is 17.1 Å². The van der Waals surface area contributed by atoms with E-state index < -0.39 is 17.2 Å². The predicted octanol–water partition coefficient (Wildman–Crippen LogP) is 2.17. The number of piperazine rings is 1. The first-order valence-corrected chi connectivity index (χ1v) is 12.2. The summed E-state index contributed by atoms with van der Waals surface area (Å²) in [5, 5.41) is 9.50. The number of carboxylic acid groups (broad SMARTS) is 1. The zero-order chi connectivity index (χ0) is 25.0. The van der Waals surface area contributed by atoms with Crippen molar-refractivity contribution >= 4 is 28.5 Å². The summed E-state index contributed by atoms with van der Waals surface area (Å²) < 4.78 is 22.9. The molecule has 10 heteroatoms. The lowest BCUT2D eigenvalue weighted by Gasteiger charge is -2.44. The standard InChI is InChI=1S/C25H31FN4O5/c1-14(2)29-11-15(12-29)24(32)28-8-6-27(7-9-28)21-19(26)10-17-20(23(21)35-3)30(16-4-5-16)13-18(22(17)31)25(33)34/h10,13-16H,4-9,11-12H2,1-3H3,(H,33,34). The maximum atomic E-state index is 15.5. The molecule has 0 unspecified atom stereocenters. The van der Waals surface area contributed by atoms with Crippen molar-refractivity contribution in [2.24, 2.45) is 5.92 Å². The van der Waals surface area contributed by atoms with Crippen LogP contribution < -0.4 is 15.1 Å². The molecule has 0 radical (unpaired) electrons. The van der Waals surface area contributed by atoms with Gasteiger partial charge in [-0.3, -0.25) is 14.5 Å². The Bertz CT molecular complexity index is 1240. The molecule has 1 aromatic heterocycles. The van der Waals surface area contributed by atoms with Gasteiger partial charge in [-0.05, 0) is 32.8 Å². The molecule has 1 aromatic carbocycles. The quantitative estimate of drug-likeness (QED) is 0.669. The van der Waals surface area contributed by atoms with E-state index in [0.29, 0.717) is 37.7 Å². The van der Waals surface area contributed by atoms with Crippen molar-refractivity contribution in [2.75, 3.05) is 51.3 Å². The summed E-state index contributed by atoms with van der Waals surface area (Å²) in [4.78, 5) is 43.4. The van der Waals surface area contributed by atoms with Gasteiger partial charge in [0.1, 0.15) is 11.3 Å². The van der Waals surface area contributed by atoms with Gasteiger partial charge in [0.05, 0.1) is 23.9 Å². The number of hydrogen-bond acceptors (Lipinski definition) is 6. The van der Waals surface area contributed by atoms with Gasteiger partial charge in [-0.15, -0.1) is 0 Å². The molecule has 2 saturated heterocycles. The number of aromatic nitrogens is 1. The number of ether oxygens (including phenoxy) is 1. The zero-order valence-electron chi connectivity index (χ0n) is 20.3. The molecular weight excluding hydrogens is 455 g/mol. The third kappa shape index (κ3) is 4.03. The molecule has 2 aliphatic heterocycles. The predicted molar refractivity (Wildman–Crippen MR) is 129 cm³/mol. The number of carbonyl (C=O) groups is 2. The number of rotatable bonds is 6. The summed E-state index contributed by atoms with van der Waals surface area (Å²) in [6.07, 6.45) is 3.05. The van der Waals surface area contributed by atoms with E-state index in [1.54, 1.807) is 4.57 Å². The van der Waals surface area contributed by atoms with Crippen molar-refractivity contribution in [1.29, 1.82) is 0 Å². The van der Waals surface area contributed by atoms with E-state index in [9.17, 15) is 19.5 Å². The molecule has 9 nitrogen and oxygen atoms in total. The number of halogens is 1. The second-order valence-electron chi connectivity index (χ2n) is 10.0. The van der Waals surface area contributed by atoms with Crippen LogP contribution in [0, 0.1) is 11.7 Å². The van der Waals surface area contributed by atoms with Gasteiger partial charge in [0.25, 0.3) is 0 Å². The molecular formula is C25H31FN4O5. The van der Waals surface area contributed by atoms with Gasteiger partial charge < -0.3 is 24.2 Å². The number of benzene rings is 1. The number of carbonyl (C=O) groups excluding carboxylic acids is 1. The van der Waals surface area contributed by atoms with Crippen LogP contribution in [0.25, 0.3) is 10.9 Å². The Labute approximate surface area is 202 Å². The van der Waals surface area contributed by atoms with Crippen LogP contribution in [0.3, 0.4) is 0 Å². The Balaban J connectivity index is 1.44. The highest BCUT2D eigenvalue weighted by molar-refractivity contribution is 5.97. The lowest BCUT2D eigenvalue weighted by molar-refractivity contribution is -0.142. The first-order valence-electron chi connectivity index (χ1n) is 12.2. The molecule has 188 valence electrons. The van der Waals surface area contributed by atoms with Gasteiger partial charge in [-0.25, -0.2) is 9.18 Å². The Morgan fingerprint density at radius 3 is 2.34 bits per heavy atom. The monoisotopic (exact) mass is 486 g/mol. The number of carboxylic acids is 1. The van der Waals surface area contributed by atoms with Crippen molar-refractivity contribution in [1.82, 2.24) is 14.4 Å². The molecule has 3 heterocycles. The van der Waals surface area contributed by atoms with E-state index >= 15 is 4.39 Å². The Morgan fingerprint density at radius 1 is 1.14 bits per heavy atom. The molecule has 1 saturated carbocycles. The van der Waals surface area contributed by atoms with Gasteiger partial charge in [-0.1, -0.05) is 0 Å². The van der Waals surface area contributed by atoms with E-state index in [4.69, 9.17) is 4.74 Å². The number of anilines is 1. The van der Waals surface area contributed by atoms with Crippen molar-refractivity contribution < 1.29 is 23.8 Å². The van der Waals surface area contributed by atoms with Crippen LogP contribution in [-0.4, -0.2) is 83.8 Å². The molecule has 1 aliphatic carbocycles. The van der Waals surface area contributed by atoms with Gasteiger partial charge in [0.2, 0.25) is 11.3 Å². The summed E-state index contributed by atoms with van der Waals surface area (Å²) in [6, 6.07) is 1.61. The van der Waals surface area contributed by atoms with Crippen molar-refractivity contribution in [3.05, 3.63) is 33.9 Å². The van der Waals surface area contributed by atoms with Crippen molar-refractivity contribution in [3.63, 3.8) is 0 Å². The Morgan fingerprint density at radius 2 is 1.80 bits per heavy atom. The molecule has 3 aliphatic rings. The lowest BCUT2D eigenvalue weighted by Crippen LogP contribution is -2.59. The molecule has 0 atom stereocenters. The minimum absolute atomic E-state index is 0.00315. The second kappa shape index (κ2) is 8.82. The molecule has 35 heavy (non-hydrogen) atoms. The second-order valence-corrected chi connectivity index (χ2v) is 10.0. The van der Waals surface area contributed by atoms with E-state index in [0.717, 1.165) is 32.0 Å². The first kappa shape index (κ1) is 23.6. The van der Waals surface area contributed by atoms with E-state index in [1.165, 1.54) is 13.3 Å². The fourth-order valence-electron chi connectivity index (χ4n) is 5.22. The maximum absolute atomic E-state index is 15.5. The fourth-order valence-corrected chi connectivity index (χ4v) is 5.22. The third-order valence-corrected chi connectivity index (χ3v) is 7.47. The average Bonchev–Trinajstić information content (AvgIpc) is 3.63. The van der Waals surface area contributed by atoms with Gasteiger partial charge in [0.15, 0.2) is 11.6 Å². The highest BCUT2D eigenvalue weighted by atomic mass is 19.1. The van der Waals surface area contributed by atoms with Gasteiger partial charge in [0, 0.05) is 57.5 Å². The van der Waals surface area contributed by atoms with E-state index in [1.807, 2.05) is 9.80 Å². The summed E-state index contributed by atoms with van der Waals surface area (Å²) in [5.74, 6) is -1.57. The van der Waals surface area contributed by atoms with E-state index in [-0.39, 0.29) is 40.3 Å². The van der Waals surface area contributed by atoms with Gasteiger partial charge in [-0.2, -0.15) is 0 Å². The molecule has 0 spiro atoms. The van der Waals surface area contributed by atoms with Crippen molar-refractivity contribution in [2.45, 2.75) is 38.8 Å². The van der Waals surface area contributed by atoms with Crippen LogP contribution in [-0.2, 0) is 4.79 Å². The topological polar surface area (TPSA) is 95.3 Å². The molecule has 0 bridgehead atoms. The lowest BCUT2D eigenvalue weighted by atomic mass is 9.96. The highest BCUT2D eigenvalue weighted by Gasteiger charge is 2.38. The number of methoxy groups -OCH3 is 1. The van der Waals surface area contributed by atoms with Crippen LogP contribution in [0.1, 0.15) is 43.1 Å². The number of pyridine rings is 1. The minimum Gasteiger partial charge on any atom is -0.492 e. The average molecular weight is 487 g/mol. The number of fused-ring (bicyclic) bond motifs is 1. The van der Waals surface area contributed by atoms with Crippen LogP contribution in [0.4, 0.5) is 10.1 Å². The molecule has 5 rings (SSSR count). The SMILES string of the molecule is COc1c(N2CCN(C(=O)C3CN(C(C)C)C3)CC2)c(F)cc2c(=O)c(C(=O)O)cn(C3CC3)c12. The van der Waals surface area contributed by atoms with Crippen LogP contribution in [0.2, 0.25) is 0 Å². The summed E-state index contributed by atoms with van der Waals surface area (Å²) in [6.45, 7) is 7.63. The number of nitrogens with zero attached hydrogens (tertiary/aromatic N) is 4. The summed E-state index contributed by atoms with van der Waals surface area (Å²) in [5.41, 5.74) is -0.431.